The van der Waals surface area contributed by atoms with Crippen LogP contribution in [0.4, 0.5) is 14.5 Å². The lowest BCUT2D eigenvalue weighted by Gasteiger charge is -2.02. The first-order valence-corrected chi connectivity index (χ1v) is 5.91. The standard InChI is InChI=1S/C15H10F2N2O/c16-10-6-11(14(17)12(18)7-10)15-19-8-13(20-15)9-4-2-1-3-5-9/h1-8H,18H2. The first-order chi connectivity index (χ1) is 9.65. The number of anilines is 1. The molecule has 0 unspecified atom stereocenters. The van der Waals surface area contributed by atoms with Gasteiger partial charge in [0.2, 0.25) is 5.89 Å². The van der Waals surface area contributed by atoms with Gasteiger partial charge in [-0.3, -0.25) is 0 Å². The third kappa shape index (κ3) is 2.14. The van der Waals surface area contributed by atoms with Crippen molar-refractivity contribution in [3.05, 3.63) is 60.3 Å². The first-order valence-electron chi connectivity index (χ1n) is 5.91. The molecule has 100 valence electrons. The third-order valence-electron chi connectivity index (χ3n) is 2.86. The first kappa shape index (κ1) is 12.3. The second kappa shape index (κ2) is 4.77. The molecule has 0 saturated heterocycles. The molecule has 3 aromatic rings. The van der Waals surface area contributed by atoms with Gasteiger partial charge in [0.1, 0.15) is 5.82 Å². The van der Waals surface area contributed by atoms with Crippen LogP contribution in [0.5, 0.6) is 0 Å². The summed E-state index contributed by atoms with van der Waals surface area (Å²) >= 11 is 0. The summed E-state index contributed by atoms with van der Waals surface area (Å²) in [7, 11) is 0. The van der Waals surface area contributed by atoms with Gasteiger partial charge in [0.05, 0.1) is 17.4 Å². The summed E-state index contributed by atoms with van der Waals surface area (Å²) in [5.74, 6) is -0.915. The van der Waals surface area contributed by atoms with Gasteiger partial charge in [-0.25, -0.2) is 13.8 Å². The summed E-state index contributed by atoms with van der Waals surface area (Å²) in [6.07, 6.45) is 1.46. The largest absolute Gasteiger partial charge is 0.436 e. The number of aromatic nitrogens is 1. The number of benzene rings is 2. The summed E-state index contributed by atoms with van der Waals surface area (Å²) in [6.45, 7) is 0. The molecule has 1 aromatic heterocycles. The molecule has 0 aliphatic heterocycles. The van der Waals surface area contributed by atoms with Crippen molar-refractivity contribution >= 4 is 5.69 Å². The maximum absolute atomic E-state index is 13.9. The van der Waals surface area contributed by atoms with Crippen molar-refractivity contribution in [2.45, 2.75) is 0 Å². The van der Waals surface area contributed by atoms with Crippen molar-refractivity contribution in [2.24, 2.45) is 0 Å². The summed E-state index contributed by atoms with van der Waals surface area (Å²) in [5, 5.41) is 0. The highest BCUT2D eigenvalue weighted by Crippen LogP contribution is 2.30. The number of nitrogen functional groups attached to an aromatic ring is 1. The van der Waals surface area contributed by atoms with E-state index in [1.807, 2.05) is 30.3 Å². The van der Waals surface area contributed by atoms with Crippen molar-refractivity contribution in [3.63, 3.8) is 0 Å². The van der Waals surface area contributed by atoms with Crippen molar-refractivity contribution in [1.82, 2.24) is 4.98 Å². The topological polar surface area (TPSA) is 52.0 Å². The van der Waals surface area contributed by atoms with Crippen LogP contribution in [0.15, 0.2) is 53.1 Å². The van der Waals surface area contributed by atoms with Gasteiger partial charge in [-0.2, -0.15) is 0 Å². The fourth-order valence-corrected chi connectivity index (χ4v) is 1.90. The Morgan fingerprint density at radius 2 is 1.80 bits per heavy atom. The molecule has 0 radical (unpaired) electrons. The Hall–Kier alpha value is -2.69. The number of nitrogens with two attached hydrogens (primary N) is 1. The minimum atomic E-state index is -0.743. The normalized spacial score (nSPS) is 10.7. The Labute approximate surface area is 113 Å². The minimum absolute atomic E-state index is 0.00690. The van der Waals surface area contributed by atoms with Gasteiger partial charge in [0.25, 0.3) is 0 Å². The number of rotatable bonds is 2. The smallest absolute Gasteiger partial charge is 0.229 e. The predicted octanol–water partition coefficient (Wildman–Crippen LogP) is 3.87. The van der Waals surface area contributed by atoms with Gasteiger partial charge in [0, 0.05) is 5.56 Å². The number of nitrogens with zero attached hydrogens (tertiary/aromatic N) is 1. The minimum Gasteiger partial charge on any atom is -0.436 e. The van der Waals surface area contributed by atoms with Crippen LogP contribution in [0, 0.1) is 11.6 Å². The van der Waals surface area contributed by atoms with E-state index in [9.17, 15) is 8.78 Å². The maximum Gasteiger partial charge on any atom is 0.229 e. The van der Waals surface area contributed by atoms with Crippen LogP contribution in [0.1, 0.15) is 0 Å². The molecular weight excluding hydrogens is 262 g/mol. The Morgan fingerprint density at radius 1 is 1.05 bits per heavy atom. The fourth-order valence-electron chi connectivity index (χ4n) is 1.90. The molecule has 0 bridgehead atoms. The van der Waals surface area contributed by atoms with Crippen LogP contribution in [-0.2, 0) is 0 Å². The van der Waals surface area contributed by atoms with Crippen LogP contribution in [0.3, 0.4) is 0 Å². The van der Waals surface area contributed by atoms with E-state index in [-0.39, 0.29) is 17.1 Å². The van der Waals surface area contributed by atoms with Crippen LogP contribution in [0.2, 0.25) is 0 Å². The number of hydrogen-bond acceptors (Lipinski definition) is 3. The molecule has 0 spiro atoms. The van der Waals surface area contributed by atoms with Crippen molar-refractivity contribution in [3.8, 4) is 22.8 Å². The Kier molecular flexibility index (Phi) is 2.95. The second-order valence-corrected chi connectivity index (χ2v) is 4.25. The average Bonchev–Trinajstić information content (AvgIpc) is 2.93. The van der Waals surface area contributed by atoms with Gasteiger partial charge < -0.3 is 10.2 Å². The zero-order valence-corrected chi connectivity index (χ0v) is 10.3. The zero-order chi connectivity index (χ0) is 14.1. The Balaban J connectivity index is 2.07. The van der Waals surface area contributed by atoms with Crippen molar-refractivity contribution in [1.29, 1.82) is 0 Å². The molecule has 3 nitrogen and oxygen atoms in total. The van der Waals surface area contributed by atoms with Gasteiger partial charge in [0.15, 0.2) is 11.6 Å². The summed E-state index contributed by atoms with van der Waals surface area (Å²) in [4.78, 5) is 3.98. The third-order valence-corrected chi connectivity index (χ3v) is 2.86. The highest BCUT2D eigenvalue weighted by atomic mass is 19.1. The van der Waals surface area contributed by atoms with E-state index in [1.54, 1.807) is 0 Å². The number of oxazole rings is 1. The molecule has 20 heavy (non-hydrogen) atoms. The maximum atomic E-state index is 13.9. The lowest BCUT2D eigenvalue weighted by molar-refractivity contribution is 0.567. The summed E-state index contributed by atoms with van der Waals surface area (Å²) in [5.41, 5.74) is 5.82. The molecule has 2 N–H and O–H groups in total. The molecule has 3 rings (SSSR count). The molecule has 0 atom stereocenters. The summed E-state index contributed by atoms with van der Waals surface area (Å²) in [6, 6.07) is 11.2. The monoisotopic (exact) mass is 272 g/mol. The highest BCUT2D eigenvalue weighted by molar-refractivity contribution is 5.64. The molecule has 0 fully saturated rings. The second-order valence-electron chi connectivity index (χ2n) is 4.25. The zero-order valence-electron chi connectivity index (χ0n) is 10.3. The van der Waals surface area contributed by atoms with E-state index in [1.165, 1.54) is 6.20 Å². The van der Waals surface area contributed by atoms with E-state index < -0.39 is 11.6 Å². The molecular formula is C15H10F2N2O. The Bertz CT molecular complexity index is 754. The fraction of sp³-hybridized carbons (Fsp3) is 0. The van der Waals surface area contributed by atoms with E-state index in [0.717, 1.165) is 17.7 Å². The van der Waals surface area contributed by atoms with Crippen LogP contribution in [-0.4, -0.2) is 4.98 Å². The van der Waals surface area contributed by atoms with Gasteiger partial charge in [-0.15, -0.1) is 0 Å². The van der Waals surface area contributed by atoms with Crippen molar-refractivity contribution < 1.29 is 13.2 Å². The molecule has 1 heterocycles. The number of halogens is 2. The molecule has 2 aromatic carbocycles. The quantitative estimate of drug-likeness (QED) is 0.720. The van der Waals surface area contributed by atoms with Crippen LogP contribution < -0.4 is 5.73 Å². The molecule has 0 aliphatic rings. The predicted molar refractivity (Wildman–Crippen MR) is 71.7 cm³/mol. The van der Waals surface area contributed by atoms with E-state index in [2.05, 4.69) is 4.98 Å². The van der Waals surface area contributed by atoms with Crippen LogP contribution in [0.25, 0.3) is 22.8 Å². The Morgan fingerprint density at radius 3 is 2.55 bits per heavy atom. The lowest BCUT2D eigenvalue weighted by atomic mass is 10.2. The summed E-state index contributed by atoms with van der Waals surface area (Å²) < 4.78 is 32.7. The van der Waals surface area contributed by atoms with Crippen molar-refractivity contribution in [2.75, 3.05) is 5.73 Å². The van der Waals surface area contributed by atoms with E-state index in [0.29, 0.717) is 5.76 Å². The molecule has 0 aliphatic carbocycles. The lowest BCUT2D eigenvalue weighted by Crippen LogP contribution is -1.95. The molecule has 5 heteroatoms. The van der Waals surface area contributed by atoms with Gasteiger partial charge in [-0.05, 0) is 12.1 Å². The SMILES string of the molecule is Nc1cc(F)cc(-c2ncc(-c3ccccc3)o2)c1F. The van der Waals surface area contributed by atoms with E-state index >= 15 is 0 Å². The average molecular weight is 272 g/mol. The highest BCUT2D eigenvalue weighted by Gasteiger charge is 2.16. The van der Waals surface area contributed by atoms with Gasteiger partial charge in [-0.1, -0.05) is 30.3 Å². The molecule has 0 saturated carbocycles. The van der Waals surface area contributed by atoms with Crippen LogP contribution >= 0.6 is 0 Å². The van der Waals surface area contributed by atoms with Gasteiger partial charge >= 0.3 is 0 Å². The number of hydrogen-bond donors (Lipinski definition) is 1. The molecule has 0 amide bonds. The van der Waals surface area contributed by atoms with E-state index in [4.69, 9.17) is 10.2 Å².